The summed E-state index contributed by atoms with van der Waals surface area (Å²) >= 11 is 0. The van der Waals surface area contributed by atoms with Crippen molar-refractivity contribution in [2.75, 3.05) is 0 Å². The van der Waals surface area contributed by atoms with Crippen LogP contribution >= 0.6 is 0 Å². The van der Waals surface area contributed by atoms with E-state index in [2.05, 4.69) is 11.9 Å². The highest BCUT2D eigenvalue weighted by Gasteiger charge is 2.15. The van der Waals surface area contributed by atoms with E-state index in [9.17, 15) is 14.4 Å². The highest BCUT2D eigenvalue weighted by molar-refractivity contribution is 5.94. The quantitative estimate of drug-likeness (QED) is 0.346. The van der Waals surface area contributed by atoms with E-state index in [4.69, 9.17) is 4.74 Å². The highest BCUT2D eigenvalue weighted by atomic mass is 16.5. The normalized spacial score (nSPS) is 11.7. The molecule has 0 aliphatic carbocycles. The van der Waals surface area contributed by atoms with Gasteiger partial charge in [0.05, 0.1) is 5.70 Å². The summed E-state index contributed by atoms with van der Waals surface area (Å²) in [5.74, 6) is -1.30. The first-order chi connectivity index (χ1) is 8.64. The minimum Gasteiger partial charge on any atom is -0.432 e. The molecule has 0 aromatic rings. The molecular weight excluding hydrogens is 246 g/mol. The van der Waals surface area contributed by atoms with Gasteiger partial charge in [0.15, 0.2) is 0 Å². The third-order valence-corrected chi connectivity index (χ3v) is 1.92. The zero-order valence-corrected chi connectivity index (χ0v) is 11.9. The van der Waals surface area contributed by atoms with E-state index in [-0.39, 0.29) is 23.5 Å². The maximum Gasteiger partial charge on any atom is 0.318 e. The molecule has 0 bridgehead atoms. The van der Waals surface area contributed by atoms with Crippen molar-refractivity contribution in [2.24, 2.45) is 5.41 Å². The zero-order chi connectivity index (χ0) is 15.1. The molecule has 0 aromatic heterocycles. The van der Waals surface area contributed by atoms with Crippen molar-refractivity contribution in [3.05, 3.63) is 24.6 Å². The molecule has 0 unspecified atom stereocenters. The van der Waals surface area contributed by atoms with Crippen LogP contribution in [0.5, 0.6) is 0 Å². The summed E-state index contributed by atoms with van der Waals surface area (Å²) in [7, 11) is 0. The van der Waals surface area contributed by atoms with Crippen LogP contribution in [0.1, 0.15) is 40.5 Å². The van der Waals surface area contributed by atoms with Gasteiger partial charge in [-0.25, -0.2) is 0 Å². The summed E-state index contributed by atoms with van der Waals surface area (Å²) in [6, 6.07) is 0. The SMILES string of the molecule is C=CC(=O)NC(=COC(=O)CC(C)=O)CC(C)(C)C. The number of carbonyl (C=O) groups excluding carboxylic acids is 3. The van der Waals surface area contributed by atoms with Crippen molar-refractivity contribution in [3.63, 3.8) is 0 Å². The van der Waals surface area contributed by atoms with Gasteiger partial charge in [0.25, 0.3) is 0 Å². The van der Waals surface area contributed by atoms with Gasteiger partial charge in [-0.05, 0) is 24.8 Å². The summed E-state index contributed by atoms with van der Waals surface area (Å²) in [5, 5.41) is 2.57. The lowest BCUT2D eigenvalue weighted by molar-refractivity contribution is -0.140. The van der Waals surface area contributed by atoms with Gasteiger partial charge in [-0.2, -0.15) is 0 Å². The number of esters is 1. The number of hydrogen-bond acceptors (Lipinski definition) is 4. The molecule has 0 atom stereocenters. The van der Waals surface area contributed by atoms with E-state index in [0.29, 0.717) is 12.1 Å². The molecule has 1 N–H and O–H groups in total. The van der Waals surface area contributed by atoms with Crippen LogP contribution in [0, 0.1) is 5.41 Å². The van der Waals surface area contributed by atoms with Crippen LogP contribution in [-0.2, 0) is 19.1 Å². The predicted molar refractivity (Wildman–Crippen MR) is 71.9 cm³/mol. The number of amides is 1. The van der Waals surface area contributed by atoms with Gasteiger partial charge in [-0.15, -0.1) is 0 Å². The first-order valence-corrected chi connectivity index (χ1v) is 5.95. The molecular formula is C14H21NO4. The molecule has 1 amide bonds. The summed E-state index contributed by atoms with van der Waals surface area (Å²) < 4.78 is 4.84. The van der Waals surface area contributed by atoms with Gasteiger partial charge in [-0.1, -0.05) is 27.4 Å². The third-order valence-electron chi connectivity index (χ3n) is 1.92. The predicted octanol–water partition coefficient (Wildman–Crippen LogP) is 2.09. The van der Waals surface area contributed by atoms with Crippen molar-refractivity contribution in [1.29, 1.82) is 0 Å². The minimum absolute atomic E-state index is 0.0900. The van der Waals surface area contributed by atoms with Gasteiger partial charge in [0.2, 0.25) is 5.91 Å². The van der Waals surface area contributed by atoms with Gasteiger partial charge in [-0.3, -0.25) is 14.4 Å². The van der Waals surface area contributed by atoms with E-state index < -0.39 is 5.97 Å². The lowest BCUT2D eigenvalue weighted by Gasteiger charge is -2.20. The molecule has 0 saturated carbocycles. The molecule has 5 heteroatoms. The number of allylic oxidation sites excluding steroid dienone is 1. The summed E-state index contributed by atoms with van der Waals surface area (Å²) in [5.41, 5.74) is 0.377. The fourth-order valence-electron chi connectivity index (χ4n) is 1.28. The number of nitrogens with one attached hydrogen (secondary N) is 1. The summed E-state index contributed by atoms with van der Waals surface area (Å²) in [6.45, 7) is 10.6. The number of ketones is 1. The molecule has 0 rings (SSSR count). The lowest BCUT2D eigenvalue weighted by Crippen LogP contribution is -2.24. The number of rotatable bonds is 6. The second-order valence-corrected chi connectivity index (χ2v) is 5.44. The third kappa shape index (κ3) is 9.76. The second kappa shape index (κ2) is 7.51. The maximum absolute atomic E-state index is 11.3. The Morgan fingerprint density at radius 1 is 1.26 bits per heavy atom. The number of ether oxygens (including phenoxy) is 1. The van der Waals surface area contributed by atoms with Crippen LogP contribution in [0.25, 0.3) is 0 Å². The molecule has 0 spiro atoms. The van der Waals surface area contributed by atoms with E-state index in [1.807, 2.05) is 20.8 Å². The molecule has 0 saturated heterocycles. The fraction of sp³-hybridized carbons (Fsp3) is 0.500. The van der Waals surface area contributed by atoms with Gasteiger partial charge in [0.1, 0.15) is 18.5 Å². The Balaban J connectivity index is 4.72. The lowest BCUT2D eigenvalue weighted by atomic mass is 9.91. The Hall–Kier alpha value is -1.91. The Kier molecular flexibility index (Phi) is 6.75. The van der Waals surface area contributed by atoms with Crippen LogP contribution in [0.4, 0.5) is 0 Å². The average molecular weight is 267 g/mol. The Bertz CT molecular complexity index is 402. The fourth-order valence-corrected chi connectivity index (χ4v) is 1.28. The second-order valence-electron chi connectivity index (χ2n) is 5.44. The van der Waals surface area contributed by atoms with Gasteiger partial charge < -0.3 is 10.1 Å². The molecule has 0 aliphatic heterocycles. The van der Waals surface area contributed by atoms with E-state index in [1.165, 1.54) is 13.2 Å². The van der Waals surface area contributed by atoms with Crippen molar-refractivity contribution in [1.82, 2.24) is 5.32 Å². The number of carbonyl (C=O) groups is 3. The molecule has 19 heavy (non-hydrogen) atoms. The van der Waals surface area contributed by atoms with Gasteiger partial charge in [0, 0.05) is 0 Å². The molecule has 0 fully saturated rings. The molecule has 5 nitrogen and oxygen atoms in total. The topological polar surface area (TPSA) is 72.5 Å². The Labute approximate surface area is 113 Å². The van der Waals surface area contributed by atoms with Crippen molar-refractivity contribution in [3.8, 4) is 0 Å². The van der Waals surface area contributed by atoms with Crippen molar-refractivity contribution < 1.29 is 19.1 Å². The Morgan fingerprint density at radius 3 is 2.26 bits per heavy atom. The number of hydrogen-bond donors (Lipinski definition) is 1. The van der Waals surface area contributed by atoms with Crippen LogP contribution in [0.3, 0.4) is 0 Å². The smallest absolute Gasteiger partial charge is 0.318 e. The monoisotopic (exact) mass is 267 g/mol. The molecule has 106 valence electrons. The van der Waals surface area contributed by atoms with Crippen molar-refractivity contribution in [2.45, 2.75) is 40.5 Å². The zero-order valence-electron chi connectivity index (χ0n) is 11.9. The van der Waals surface area contributed by atoms with Crippen LogP contribution in [0.2, 0.25) is 0 Å². The first-order valence-electron chi connectivity index (χ1n) is 5.95. The van der Waals surface area contributed by atoms with E-state index >= 15 is 0 Å². The average Bonchev–Trinajstić information content (AvgIpc) is 2.22. The molecule has 0 radical (unpaired) electrons. The van der Waals surface area contributed by atoms with Crippen LogP contribution < -0.4 is 5.32 Å². The van der Waals surface area contributed by atoms with Gasteiger partial charge >= 0.3 is 5.97 Å². The van der Waals surface area contributed by atoms with E-state index in [0.717, 1.165) is 6.08 Å². The molecule has 0 aromatic carbocycles. The molecule has 0 aliphatic rings. The van der Waals surface area contributed by atoms with Crippen LogP contribution in [-0.4, -0.2) is 17.7 Å². The van der Waals surface area contributed by atoms with Crippen LogP contribution in [0.15, 0.2) is 24.6 Å². The molecule has 0 heterocycles. The summed E-state index contributed by atoms with van der Waals surface area (Å²) in [4.78, 5) is 33.3. The standard InChI is InChI=1S/C14H21NO4/c1-6-12(17)15-11(8-14(3,4)5)9-19-13(18)7-10(2)16/h6,9H,1,7-8H2,2-5H3,(H,15,17). The number of Topliss-reactive ketones (excluding diaryl/α,β-unsaturated/α-hetero) is 1. The van der Waals surface area contributed by atoms with Crippen molar-refractivity contribution >= 4 is 17.7 Å². The largest absolute Gasteiger partial charge is 0.432 e. The highest BCUT2D eigenvalue weighted by Crippen LogP contribution is 2.22. The Morgan fingerprint density at radius 2 is 1.84 bits per heavy atom. The minimum atomic E-state index is -0.647. The maximum atomic E-state index is 11.3. The first kappa shape index (κ1) is 17.1. The summed E-state index contributed by atoms with van der Waals surface area (Å²) in [6.07, 6.45) is 2.54. The van der Waals surface area contributed by atoms with E-state index in [1.54, 1.807) is 0 Å².